The molecule has 2 aromatic carbocycles. The van der Waals surface area contributed by atoms with Crippen molar-refractivity contribution < 1.29 is 9.47 Å². The minimum atomic E-state index is 0.369. The summed E-state index contributed by atoms with van der Waals surface area (Å²) in [6.45, 7) is 0.786. The topological polar surface area (TPSA) is 68.3 Å². The van der Waals surface area contributed by atoms with Gasteiger partial charge in [0.2, 0.25) is 0 Å². The van der Waals surface area contributed by atoms with Gasteiger partial charge in [0.1, 0.15) is 24.7 Å². The number of nitriles is 1. The van der Waals surface area contributed by atoms with E-state index in [1.54, 1.807) is 18.2 Å². The molecule has 0 bridgehead atoms. The van der Waals surface area contributed by atoms with Gasteiger partial charge in [-0.1, -0.05) is 18.2 Å². The fourth-order valence-electron chi connectivity index (χ4n) is 1.56. The van der Waals surface area contributed by atoms with E-state index in [2.05, 4.69) is 0 Å². The average molecular weight is 254 g/mol. The Bertz CT molecular complexity index is 576. The minimum absolute atomic E-state index is 0.369. The molecule has 0 saturated carbocycles. The Morgan fingerprint density at radius 1 is 1.00 bits per heavy atom. The lowest BCUT2D eigenvalue weighted by molar-refractivity contribution is 0.218. The molecule has 2 aromatic rings. The molecule has 0 aliphatic heterocycles. The third-order valence-corrected chi connectivity index (χ3v) is 2.50. The van der Waals surface area contributed by atoms with Gasteiger partial charge in [0, 0.05) is 6.07 Å². The van der Waals surface area contributed by atoms with E-state index in [1.165, 1.54) is 0 Å². The maximum Gasteiger partial charge on any atom is 0.143 e. The summed E-state index contributed by atoms with van der Waals surface area (Å²) in [5.74, 6) is 1.31. The van der Waals surface area contributed by atoms with Gasteiger partial charge in [-0.05, 0) is 24.3 Å². The highest BCUT2D eigenvalue weighted by molar-refractivity contribution is 5.56. The summed E-state index contributed by atoms with van der Waals surface area (Å²) < 4.78 is 11.0. The molecular formula is C15H14N2O2. The van der Waals surface area contributed by atoms with Crippen LogP contribution < -0.4 is 15.2 Å². The number of para-hydroxylation sites is 1. The fourth-order valence-corrected chi connectivity index (χ4v) is 1.56. The summed E-state index contributed by atoms with van der Waals surface area (Å²) in [7, 11) is 0. The zero-order chi connectivity index (χ0) is 13.5. The number of anilines is 1. The van der Waals surface area contributed by atoms with E-state index >= 15 is 0 Å². The number of nitrogen functional groups attached to an aromatic ring is 1. The van der Waals surface area contributed by atoms with Gasteiger partial charge in [-0.15, -0.1) is 0 Å². The van der Waals surface area contributed by atoms with Crippen LogP contribution in [-0.4, -0.2) is 13.2 Å². The molecule has 0 fully saturated rings. The molecule has 4 heteroatoms. The van der Waals surface area contributed by atoms with E-state index < -0.39 is 0 Å². The van der Waals surface area contributed by atoms with Gasteiger partial charge in [-0.3, -0.25) is 0 Å². The first-order valence-corrected chi connectivity index (χ1v) is 5.90. The summed E-state index contributed by atoms with van der Waals surface area (Å²) >= 11 is 0. The Balaban J connectivity index is 1.85. The van der Waals surface area contributed by atoms with Crippen molar-refractivity contribution in [2.45, 2.75) is 0 Å². The standard InChI is InChI=1S/C15H14N2O2/c16-11-12-6-7-14(17)15(10-12)19-9-8-18-13-4-2-1-3-5-13/h1-7,10H,8-9,17H2. The molecule has 0 atom stereocenters. The molecule has 0 spiro atoms. The van der Waals surface area contributed by atoms with Crippen molar-refractivity contribution in [1.82, 2.24) is 0 Å². The third-order valence-electron chi connectivity index (χ3n) is 2.50. The molecule has 0 radical (unpaired) electrons. The normalized spacial score (nSPS) is 9.63. The SMILES string of the molecule is N#Cc1ccc(N)c(OCCOc2ccccc2)c1. The fraction of sp³-hybridized carbons (Fsp3) is 0.133. The molecule has 0 saturated heterocycles. The van der Waals surface area contributed by atoms with Crippen molar-refractivity contribution in [1.29, 1.82) is 5.26 Å². The molecule has 2 rings (SSSR count). The zero-order valence-corrected chi connectivity index (χ0v) is 10.4. The van der Waals surface area contributed by atoms with Crippen molar-refractivity contribution >= 4 is 5.69 Å². The van der Waals surface area contributed by atoms with Crippen LogP contribution in [0, 0.1) is 11.3 Å². The first-order valence-electron chi connectivity index (χ1n) is 5.90. The van der Waals surface area contributed by atoms with Gasteiger partial charge in [0.15, 0.2) is 0 Å². The Labute approximate surface area is 112 Å². The number of nitrogens with two attached hydrogens (primary N) is 1. The summed E-state index contributed by atoms with van der Waals surface area (Å²) in [4.78, 5) is 0. The highest BCUT2D eigenvalue weighted by Crippen LogP contribution is 2.22. The monoisotopic (exact) mass is 254 g/mol. The molecule has 0 aromatic heterocycles. The van der Waals surface area contributed by atoms with E-state index in [1.807, 2.05) is 36.4 Å². The van der Waals surface area contributed by atoms with Crippen LogP contribution in [0.3, 0.4) is 0 Å². The first kappa shape index (κ1) is 12.8. The van der Waals surface area contributed by atoms with E-state index in [9.17, 15) is 0 Å². The maximum atomic E-state index is 8.80. The molecular weight excluding hydrogens is 240 g/mol. The van der Waals surface area contributed by atoms with Crippen LogP contribution in [0.1, 0.15) is 5.56 Å². The van der Waals surface area contributed by atoms with E-state index in [0.717, 1.165) is 5.75 Å². The average Bonchev–Trinajstić information content (AvgIpc) is 2.46. The second-order valence-electron chi connectivity index (χ2n) is 3.87. The van der Waals surface area contributed by atoms with Crippen molar-refractivity contribution in [2.24, 2.45) is 0 Å². The lowest BCUT2D eigenvalue weighted by atomic mass is 10.2. The molecule has 4 nitrogen and oxygen atoms in total. The predicted octanol–water partition coefficient (Wildman–Crippen LogP) is 2.60. The molecule has 0 aliphatic rings. The third kappa shape index (κ3) is 3.65. The first-order chi connectivity index (χ1) is 9.29. The summed E-state index contributed by atoms with van der Waals surface area (Å²) in [5, 5.41) is 8.80. The summed E-state index contributed by atoms with van der Waals surface area (Å²) in [6.07, 6.45) is 0. The van der Waals surface area contributed by atoms with Crippen LogP contribution in [0.5, 0.6) is 11.5 Å². The van der Waals surface area contributed by atoms with Crippen LogP contribution in [0.2, 0.25) is 0 Å². The van der Waals surface area contributed by atoms with Crippen molar-refractivity contribution in [3.8, 4) is 17.6 Å². The number of rotatable bonds is 5. The molecule has 0 aliphatic carbocycles. The molecule has 0 unspecified atom stereocenters. The van der Waals surface area contributed by atoms with Gasteiger partial charge in [0.25, 0.3) is 0 Å². The Kier molecular flexibility index (Phi) is 4.25. The number of hydrogen-bond acceptors (Lipinski definition) is 4. The highest BCUT2D eigenvalue weighted by Gasteiger charge is 2.02. The second kappa shape index (κ2) is 6.31. The Morgan fingerprint density at radius 3 is 2.47 bits per heavy atom. The van der Waals surface area contributed by atoms with E-state index in [4.69, 9.17) is 20.5 Å². The van der Waals surface area contributed by atoms with Crippen LogP contribution >= 0.6 is 0 Å². The molecule has 19 heavy (non-hydrogen) atoms. The maximum absolute atomic E-state index is 8.80. The van der Waals surface area contributed by atoms with Crippen LogP contribution in [-0.2, 0) is 0 Å². The molecule has 0 heterocycles. The van der Waals surface area contributed by atoms with Crippen molar-refractivity contribution in [2.75, 3.05) is 18.9 Å². The smallest absolute Gasteiger partial charge is 0.143 e. The van der Waals surface area contributed by atoms with Crippen LogP contribution in [0.4, 0.5) is 5.69 Å². The van der Waals surface area contributed by atoms with E-state index in [-0.39, 0.29) is 0 Å². The van der Waals surface area contributed by atoms with Crippen LogP contribution in [0.15, 0.2) is 48.5 Å². The molecule has 96 valence electrons. The van der Waals surface area contributed by atoms with Crippen molar-refractivity contribution in [3.63, 3.8) is 0 Å². The lowest BCUT2D eigenvalue weighted by Crippen LogP contribution is -2.10. The van der Waals surface area contributed by atoms with Gasteiger partial charge >= 0.3 is 0 Å². The van der Waals surface area contributed by atoms with Crippen LogP contribution in [0.25, 0.3) is 0 Å². The Morgan fingerprint density at radius 2 is 1.74 bits per heavy atom. The number of benzene rings is 2. The van der Waals surface area contributed by atoms with Crippen molar-refractivity contribution in [3.05, 3.63) is 54.1 Å². The number of hydrogen-bond donors (Lipinski definition) is 1. The largest absolute Gasteiger partial charge is 0.490 e. The Hall–Kier alpha value is -2.67. The quantitative estimate of drug-likeness (QED) is 0.657. The number of nitrogens with zero attached hydrogens (tertiary/aromatic N) is 1. The summed E-state index contributed by atoms with van der Waals surface area (Å²) in [6, 6.07) is 16.5. The molecule has 0 amide bonds. The molecule has 2 N–H and O–H groups in total. The minimum Gasteiger partial charge on any atom is -0.490 e. The predicted molar refractivity (Wildman–Crippen MR) is 73.0 cm³/mol. The zero-order valence-electron chi connectivity index (χ0n) is 10.4. The van der Waals surface area contributed by atoms with Gasteiger partial charge < -0.3 is 15.2 Å². The van der Waals surface area contributed by atoms with E-state index in [0.29, 0.717) is 30.2 Å². The second-order valence-corrected chi connectivity index (χ2v) is 3.87. The van der Waals surface area contributed by atoms with Gasteiger partial charge in [-0.2, -0.15) is 5.26 Å². The lowest BCUT2D eigenvalue weighted by Gasteiger charge is -2.10. The van der Waals surface area contributed by atoms with Gasteiger partial charge in [0.05, 0.1) is 17.3 Å². The highest BCUT2D eigenvalue weighted by atomic mass is 16.5. The summed E-state index contributed by atoms with van der Waals surface area (Å²) in [5.41, 5.74) is 6.80. The number of ether oxygens (including phenoxy) is 2. The van der Waals surface area contributed by atoms with Gasteiger partial charge in [-0.25, -0.2) is 0 Å².